The summed E-state index contributed by atoms with van der Waals surface area (Å²) in [6, 6.07) is 16.5. The molecule has 0 unspecified atom stereocenters. The Labute approximate surface area is 124 Å². The van der Waals surface area contributed by atoms with Crippen LogP contribution >= 0.6 is 0 Å². The summed E-state index contributed by atoms with van der Waals surface area (Å²) >= 11 is 0. The highest BCUT2D eigenvalue weighted by molar-refractivity contribution is 5.68. The number of rotatable bonds is 3. The van der Waals surface area contributed by atoms with Gasteiger partial charge in [-0.1, -0.05) is 6.07 Å². The van der Waals surface area contributed by atoms with E-state index in [0.717, 1.165) is 16.9 Å². The highest BCUT2D eigenvalue weighted by atomic mass is 16.3. The Morgan fingerprint density at radius 2 is 1.57 bits per heavy atom. The van der Waals surface area contributed by atoms with Gasteiger partial charge in [-0.3, -0.25) is 0 Å². The molecule has 0 aliphatic carbocycles. The van der Waals surface area contributed by atoms with Crippen LogP contribution in [0.15, 0.2) is 42.5 Å². The molecule has 1 atom stereocenters. The minimum Gasteiger partial charge on any atom is -0.389 e. The van der Waals surface area contributed by atoms with Gasteiger partial charge in [-0.05, 0) is 43.3 Å². The van der Waals surface area contributed by atoms with E-state index in [1.165, 1.54) is 0 Å². The lowest BCUT2D eigenvalue weighted by atomic mass is 10.0. The second-order valence-corrected chi connectivity index (χ2v) is 4.78. The van der Waals surface area contributed by atoms with Crippen molar-refractivity contribution in [3.8, 4) is 12.1 Å². The molecule has 4 nitrogen and oxygen atoms in total. The van der Waals surface area contributed by atoms with Crippen molar-refractivity contribution in [1.29, 1.82) is 10.5 Å². The molecule has 0 spiro atoms. The molecule has 0 radical (unpaired) electrons. The molecular formula is C17H15N3O. The van der Waals surface area contributed by atoms with Gasteiger partial charge in [0.25, 0.3) is 0 Å². The Morgan fingerprint density at radius 3 is 2.10 bits per heavy atom. The number of nitriles is 2. The van der Waals surface area contributed by atoms with Crippen molar-refractivity contribution in [3.05, 3.63) is 59.2 Å². The number of hydrogen-bond donors (Lipinski definition) is 1. The Morgan fingerprint density at radius 1 is 1.00 bits per heavy atom. The fraction of sp³-hybridized carbons (Fsp3) is 0.176. The molecular weight excluding hydrogens is 262 g/mol. The summed E-state index contributed by atoms with van der Waals surface area (Å²) in [4.78, 5) is 1.89. The lowest BCUT2D eigenvalue weighted by Gasteiger charge is -2.24. The predicted octanol–water partition coefficient (Wildman–Crippen LogP) is 3.25. The number of aliphatic hydroxyl groups is 1. The van der Waals surface area contributed by atoms with E-state index in [2.05, 4.69) is 12.1 Å². The van der Waals surface area contributed by atoms with E-state index >= 15 is 0 Å². The van der Waals surface area contributed by atoms with Crippen LogP contribution in [0.5, 0.6) is 0 Å². The molecule has 0 saturated carbocycles. The van der Waals surface area contributed by atoms with E-state index in [-0.39, 0.29) is 0 Å². The van der Waals surface area contributed by atoms with Gasteiger partial charge in [-0.2, -0.15) is 10.5 Å². The molecule has 2 aromatic carbocycles. The zero-order chi connectivity index (χ0) is 15.4. The fourth-order valence-corrected chi connectivity index (χ4v) is 2.16. The van der Waals surface area contributed by atoms with Crippen LogP contribution < -0.4 is 4.90 Å². The summed E-state index contributed by atoms with van der Waals surface area (Å²) in [6.45, 7) is 1.69. The summed E-state index contributed by atoms with van der Waals surface area (Å²) in [7, 11) is 1.86. The highest BCUT2D eigenvalue weighted by Crippen LogP contribution is 2.31. The first kappa shape index (κ1) is 14.6. The lowest BCUT2D eigenvalue weighted by Crippen LogP contribution is -2.13. The third-order valence-corrected chi connectivity index (χ3v) is 3.35. The molecule has 1 N–H and O–H groups in total. The van der Waals surface area contributed by atoms with Gasteiger partial charge in [0.05, 0.1) is 29.4 Å². The highest BCUT2D eigenvalue weighted by Gasteiger charge is 2.14. The number of aliphatic hydroxyl groups excluding tert-OH is 1. The van der Waals surface area contributed by atoms with Crippen LogP contribution in [0.1, 0.15) is 29.7 Å². The van der Waals surface area contributed by atoms with Crippen molar-refractivity contribution in [1.82, 2.24) is 0 Å². The zero-order valence-electron chi connectivity index (χ0n) is 11.9. The van der Waals surface area contributed by atoms with E-state index < -0.39 is 6.10 Å². The van der Waals surface area contributed by atoms with Crippen molar-refractivity contribution < 1.29 is 5.11 Å². The summed E-state index contributed by atoms with van der Waals surface area (Å²) in [5.41, 5.74) is 3.53. The number of hydrogen-bond acceptors (Lipinski definition) is 4. The maximum Gasteiger partial charge on any atom is 0.0992 e. The normalized spacial score (nSPS) is 11.3. The van der Waals surface area contributed by atoms with E-state index in [0.29, 0.717) is 11.1 Å². The van der Waals surface area contributed by atoms with Crippen molar-refractivity contribution in [2.45, 2.75) is 13.0 Å². The van der Waals surface area contributed by atoms with Crippen molar-refractivity contribution >= 4 is 11.4 Å². The van der Waals surface area contributed by atoms with Gasteiger partial charge in [0.15, 0.2) is 0 Å². The van der Waals surface area contributed by atoms with E-state index in [1.807, 2.05) is 24.1 Å². The monoisotopic (exact) mass is 277 g/mol. The molecule has 0 aliphatic rings. The Balaban J connectivity index is 2.48. The first-order valence-corrected chi connectivity index (χ1v) is 6.53. The molecule has 0 fully saturated rings. The van der Waals surface area contributed by atoms with Crippen molar-refractivity contribution in [3.63, 3.8) is 0 Å². The molecule has 0 aliphatic heterocycles. The second-order valence-electron chi connectivity index (χ2n) is 4.78. The summed E-state index contributed by atoms with van der Waals surface area (Å²) < 4.78 is 0. The van der Waals surface area contributed by atoms with Crippen molar-refractivity contribution in [2.75, 3.05) is 11.9 Å². The molecule has 104 valence electrons. The van der Waals surface area contributed by atoms with Crippen molar-refractivity contribution in [2.24, 2.45) is 0 Å². The molecule has 0 amide bonds. The van der Waals surface area contributed by atoms with Crippen LogP contribution in [0.25, 0.3) is 0 Å². The molecule has 0 aromatic heterocycles. The van der Waals surface area contributed by atoms with Crippen LogP contribution in [0.3, 0.4) is 0 Å². The predicted molar refractivity (Wildman–Crippen MR) is 81.0 cm³/mol. The van der Waals surface area contributed by atoms with E-state index in [4.69, 9.17) is 10.5 Å². The Hall–Kier alpha value is -2.82. The zero-order valence-corrected chi connectivity index (χ0v) is 11.9. The number of nitrogens with zero attached hydrogens (tertiary/aromatic N) is 3. The van der Waals surface area contributed by atoms with Crippen LogP contribution in [-0.2, 0) is 0 Å². The van der Waals surface area contributed by atoms with E-state index in [1.54, 1.807) is 37.3 Å². The second kappa shape index (κ2) is 6.09. The molecule has 0 heterocycles. The summed E-state index contributed by atoms with van der Waals surface area (Å²) in [5.74, 6) is 0. The van der Waals surface area contributed by atoms with Gasteiger partial charge in [0.1, 0.15) is 0 Å². The number of anilines is 2. The topological polar surface area (TPSA) is 71.0 Å². The number of benzene rings is 2. The molecule has 0 saturated heterocycles. The molecule has 2 aromatic rings. The van der Waals surface area contributed by atoms with E-state index in [9.17, 15) is 5.11 Å². The minimum atomic E-state index is -0.631. The largest absolute Gasteiger partial charge is 0.389 e. The Bertz CT molecular complexity index is 721. The SMILES string of the molecule is C[C@H](O)c1ccc(C#N)cc1N(C)c1ccc(C#N)cc1. The molecule has 4 heteroatoms. The van der Waals surface area contributed by atoms with Gasteiger partial charge in [0, 0.05) is 24.0 Å². The van der Waals surface area contributed by atoms with Crippen LogP contribution in [0.2, 0.25) is 0 Å². The van der Waals surface area contributed by atoms with Gasteiger partial charge in [0.2, 0.25) is 0 Å². The maximum absolute atomic E-state index is 9.89. The van der Waals surface area contributed by atoms with Gasteiger partial charge < -0.3 is 10.0 Å². The first-order chi connectivity index (χ1) is 10.1. The average Bonchev–Trinajstić information content (AvgIpc) is 2.53. The fourth-order valence-electron chi connectivity index (χ4n) is 2.16. The first-order valence-electron chi connectivity index (χ1n) is 6.53. The Kier molecular flexibility index (Phi) is 4.23. The molecule has 0 bridgehead atoms. The molecule has 2 rings (SSSR count). The van der Waals surface area contributed by atoms with Crippen LogP contribution in [0.4, 0.5) is 11.4 Å². The molecule has 21 heavy (non-hydrogen) atoms. The summed E-state index contributed by atoms with van der Waals surface area (Å²) in [5, 5.41) is 27.8. The van der Waals surface area contributed by atoms with Gasteiger partial charge >= 0.3 is 0 Å². The standard InChI is InChI=1S/C17H15N3O/c1-12(21)16-8-5-14(11-19)9-17(16)20(2)15-6-3-13(10-18)4-7-15/h3-9,12,21H,1-2H3/t12-/m0/s1. The smallest absolute Gasteiger partial charge is 0.0992 e. The summed E-state index contributed by atoms with van der Waals surface area (Å²) in [6.07, 6.45) is -0.631. The van der Waals surface area contributed by atoms with Gasteiger partial charge in [-0.25, -0.2) is 0 Å². The van der Waals surface area contributed by atoms with Crippen LogP contribution in [-0.4, -0.2) is 12.2 Å². The minimum absolute atomic E-state index is 0.537. The van der Waals surface area contributed by atoms with Crippen LogP contribution in [0, 0.1) is 22.7 Å². The third kappa shape index (κ3) is 3.02. The lowest BCUT2D eigenvalue weighted by molar-refractivity contribution is 0.200. The quantitative estimate of drug-likeness (QED) is 0.934. The third-order valence-electron chi connectivity index (χ3n) is 3.35. The average molecular weight is 277 g/mol. The van der Waals surface area contributed by atoms with Gasteiger partial charge in [-0.15, -0.1) is 0 Å². The maximum atomic E-state index is 9.89.